The Hall–Kier alpha value is -3.22. The number of carbonyl (C=O) groups excluding carboxylic acids is 4. The number of anilines is 1. The van der Waals surface area contributed by atoms with Crippen LogP contribution in [0.1, 0.15) is 19.3 Å². The van der Waals surface area contributed by atoms with Crippen LogP contribution in [0.3, 0.4) is 0 Å². The summed E-state index contributed by atoms with van der Waals surface area (Å²) < 4.78 is 0. The van der Waals surface area contributed by atoms with Crippen LogP contribution in [0.15, 0.2) is 42.5 Å². The second-order valence-corrected chi connectivity index (χ2v) is 6.40. The van der Waals surface area contributed by atoms with Crippen LogP contribution in [0.5, 0.6) is 0 Å². The smallest absolute Gasteiger partial charge is 0.313 e. The molecule has 0 spiro atoms. The normalized spacial score (nSPS) is 16.6. The molecule has 7 heteroatoms. The first-order valence-corrected chi connectivity index (χ1v) is 8.93. The molecule has 3 rings (SSSR count). The highest BCUT2D eigenvalue weighted by molar-refractivity contribution is 6.40. The summed E-state index contributed by atoms with van der Waals surface area (Å²) in [4.78, 5) is 49.2. The molecular weight excluding hydrogens is 346 g/mol. The number of fused-ring (bicyclic) bond motifs is 1. The van der Waals surface area contributed by atoms with E-state index in [4.69, 9.17) is 0 Å². The third-order valence-corrected chi connectivity index (χ3v) is 4.66. The van der Waals surface area contributed by atoms with Gasteiger partial charge in [0.1, 0.15) is 12.3 Å². The maximum atomic E-state index is 12.7. The zero-order valence-electron chi connectivity index (χ0n) is 14.8. The monoisotopic (exact) mass is 367 g/mol. The minimum absolute atomic E-state index is 0.112. The number of piperidine rings is 1. The molecule has 7 nitrogen and oxygen atoms in total. The predicted molar refractivity (Wildman–Crippen MR) is 101 cm³/mol. The largest absolute Gasteiger partial charge is 0.348 e. The molecule has 1 saturated heterocycles. The summed E-state index contributed by atoms with van der Waals surface area (Å²) in [5.74, 6) is -1.93. The highest BCUT2D eigenvalue weighted by atomic mass is 16.2. The number of amides is 3. The van der Waals surface area contributed by atoms with Crippen molar-refractivity contribution in [2.45, 2.75) is 25.3 Å². The average Bonchev–Trinajstić information content (AvgIpc) is 2.71. The summed E-state index contributed by atoms with van der Waals surface area (Å²) in [5.41, 5.74) is 0.547. The molecule has 140 valence electrons. The van der Waals surface area contributed by atoms with Crippen LogP contribution >= 0.6 is 0 Å². The van der Waals surface area contributed by atoms with E-state index in [2.05, 4.69) is 10.6 Å². The second kappa shape index (κ2) is 8.44. The number of benzene rings is 2. The summed E-state index contributed by atoms with van der Waals surface area (Å²) in [5, 5.41) is 6.92. The van der Waals surface area contributed by atoms with Crippen molar-refractivity contribution < 1.29 is 19.2 Å². The van der Waals surface area contributed by atoms with Gasteiger partial charge in [0.15, 0.2) is 0 Å². The number of likely N-dealkylation sites (tertiary alicyclic amines) is 1. The van der Waals surface area contributed by atoms with Crippen molar-refractivity contribution in [3.8, 4) is 0 Å². The topological polar surface area (TPSA) is 95.6 Å². The Morgan fingerprint density at radius 3 is 2.67 bits per heavy atom. The predicted octanol–water partition coefficient (Wildman–Crippen LogP) is 1.47. The second-order valence-electron chi connectivity index (χ2n) is 6.40. The van der Waals surface area contributed by atoms with Crippen LogP contribution < -0.4 is 10.6 Å². The van der Waals surface area contributed by atoms with E-state index in [9.17, 15) is 19.2 Å². The summed E-state index contributed by atoms with van der Waals surface area (Å²) >= 11 is 0. The fraction of sp³-hybridized carbons (Fsp3) is 0.300. The van der Waals surface area contributed by atoms with Crippen molar-refractivity contribution >= 4 is 40.5 Å². The van der Waals surface area contributed by atoms with Gasteiger partial charge in [0.05, 0.1) is 6.54 Å². The minimum atomic E-state index is -0.776. The number of nitrogens with one attached hydrogen (secondary N) is 2. The summed E-state index contributed by atoms with van der Waals surface area (Å²) in [7, 11) is 0. The van der Waals surface area contributed by atoms with E-state index >= 15 is 0 Å². The molecule has 0 aliphatic carbocycles. The first-order chi connectivity index (χ1) is 13.1. The van der Waals surface area contributed by atoms with E-state index in [-0.39, 0.29) is 6.54 Å². The van der Waals surface area contributed by atoms with Gasteiger partial charge in [-0.05, 0) is 30.7 Å². The van der Waals surface area contributed by atoms with E-state index < -0.39 is 23.8 Å². The molecule has 1 aliphatic heterocycles. The Bertz CT molecular complexity index is 875. The molecule has 1 atom stereocenters. The van der Waals surface area contributed by atoms with Gasteiger partial charge in [-0.25, -0.2) is 0 Å². The lowest BCUT2D eigenvalue weighted by Gasteiger charge is -2.34. The molecule has 1 heterocycles. The quantitative estimate of drug-likeness (QED) is 0.632. The van der Waals surface area contributed by atoms with E-state index in [1.807, 2.05) is 30.3 Å². The van der Waals surface area contributed by atoms with Gasteiger partial charge in [0.2, 0.25) is 5.91 Å². The van der Waals surface area contributed by atoms with Crippen molar-refractivity contribution in [1.82, 2.24) is 10.2 Å². The molecule has 0 unspecified atom stereocenters. The summed E-state index contributed by atoms with van der Waals surface area (Å²) in [6.45, 7) is 0.223. The average molecular weight is 367 g/mol. The molecular formula is C20H21N3O4. The van der Waals surface area contributed by atoms with Gasteiger partial charge in [0, 0.05) is 17.6 Å². The maximum absolute atomic E-state index is 12.7. The van der Waals surface area contributed by atoms with E-state index in [1.54, 1.807) is 12.1 Å². The third-order valence-electron chi connectivity index (χ3n) is 4.66. The van der Waals surface area contributed by atoms with Gasteiger partial charge in [-0.3, -0.25) is 14.4 Å². The zero-order chi connectivity index (χ0) is 19.2. The number of carbonyl (C=O) groups is 4. The van der Waals surface area contributed by atoms with Gasteiger partial charge in [-0.15, -0.1) is 0 Å². The van der Waals surface area contributed by atoms with Crippen molar-refractivity contribution in [2.24, 2.45) is 0 Å². The molecule has 2 N–H and O–H groups in total. The molecule has 0 aromatic heterocycles. The number of nitrogens with zero attached hydrogens (tertiary/aromatic N) is 1. The van der Waals surface area contributed by atoms with Crippen LogP contribution in [0.25, 0.3) is 10.8 Å². The van der Waals surface area contributed by atoms with E-state index in [1.165, 1.54) is 4.90 Å². The molecule has 2 aromatic carbocycles. The number of hydrogen-bond acceptors (Lipinski definition) is 4. The van der Waals surface area contributed by atoms with Gasteiger partial charge in [0.25, 0.3) is 0 Å². The Kier molecular flexibility index (Phi) is 5.80. The molecule has 1 aliphatic rings. The Morgan fingerprint density at radius 1 is 1.07 bits per heavy atom. The number of hydrogen-bond donors (Lipinski definition) is 2. The first kappa shape index (κ1) is 18.6. The molecule has 27 heavy (non-hydrogen) atoms. The highest BCUT2D eigenvalue weighted by Crippen LogP contribution is 2.23. The summed E-state index contributed by atoms with van der Waals surface area (Å²) in [6.07, 6.45) is 2.57. The van der Waals surface area contributed by atoms with Crippen LogP contribution in [-0.4, -0.2) is 48.0 Å². The Labute approximate surface area is 156 Å². The van der Waals surface area contributed by atoms with Crippen LogP contribution in [0, 0.1) is 0 Å². The van der Waals surface area contributed by atoms with Gasteiger partial charge in [-0.1, -0.05) is 36.4 Å². The number of aldehydes is 1. The lowest BCUT2D eigenvalue weighted by molar-refractivity contribution is -0.149. The summed E-state index contributed by atoms with van der Waals surface area (Å²) in [6, 6.07) is 12.3. The van der Waals surface area contributed by atoms with Crippen LogP contribution in [0.2, 0.25) is 0 Å². The molecule has 0 radical (unpaired) electrons. The lowest BCUT2D eigenvalue weighted by atomic mass is 10.0. The van der Waals surface area contributed by atoms with Crippen molar-refractivity contribution in [3.05, 3.63) is 42.5 Å². The Morgan fingerprint density at radius 2 is 1.85 bits per heavy atom. The zero-order valence-corrected chi connectivity index (χ0v) is 14.8. The van der Waals surface area contributed by atoms with Crippen molar-refractivity contribution in [2.75, 3.05) is 18.4 Å². The van der Waals surface area contributed by atoms with Crippen LogP contribution in [0.4, 0.5) is 5.69 Å². The van der Waals surface area contributed by atoms with Gasteiger partial charge >= 0.3 is 11.8 Å². The van der Waals surface area contributed by atoms with Gasteiger partial charge in [-0.2, -0.15) is 0 Å². The molecule has 3 amide bonds. The first-order valence-electron chi connectivity index (χ1n) is 8.93. The SMILES string of the molecule is O=CCNC(=O)[C@@H]1CCCCN1C(=O)C(=O)Nc1cccc2ccccc12. The van der Waals surface area contributed by atoms with E-state index in [0.717, 1.165) is 23.6 Å². The molecule has 0 saturated carbocycles. The standard InChI is InChI=1S/C20H21N3O4/c24-13-11-21-18(25)17-10-3-4-12-23(17)20(27)19(26)22-16-9-5-7-14-6-1-2-8-15(14)16/h1-2,5-9,13,17H,3-4,10-12H2,(H,21,25)(H,22,26)/t17-/m0/s1. The third kappa shape index (κ3) is 4.13. The van der Waals surface area contributed by atoms with Crippen molar-refractivity contribution in [1.29, 1.82) is 0 Å². The van der Waals surface area contributed by atoms with Crippen molar-refractivity contribution in [3.63, 3.8) is 0 Å². The lowest BCUT2D eigenvalue weighted by Crippen LogP contribution is -2.54. The minimum Gasteiger partial charge on any atom is -0.348 e. The molecule has 1 fully saturated rings. The highest BCUT2D eigenvalue weighted by Gasteiger charge is 2.35. The maximum Gasteiger partial charge on any atom is 0.313 e. The fourth-order valence-electron chi connectivity index (χ4n) is 3.35. The molecule has 2 aromatic rings. The van der Waals surface area contributed by atoms with Crippen LogP contribution in [-0.2, 0) is 19.2 Å². The van der Waals surface area contributed by atoms with E-state index in [0.29, 0.717) is 24.9 Å². The van der Waals surface area contributed by atoms with Gasteiger partial charge < -0.3 is 20.3 Å². The fourth-order valence-corrected chi connectivity index (χ4v) is 3.35. The Balaban J connectivity index is 1.76. The number of rotatable bonds is 4. The molecule has 0 bridgehead atoms.